The molecule has 66 valence electrons. The molecule has 0 bridgehead atoms. The summed E-state index contributed by atoms with van der Waals surface area (Å²) in [6.07, 6.45) is 3.02. The molecule has 0 aliphatic heterocycles. The average Bonchev–Trinajstić information content (AvgIpc) is 2.19. The molecule has 2 aromatic rings. The lowest BCUT2D eigenvalue weighted by Crippen LogP contribution is -2.26. The van der Waals surface area contributed by atoms with Crippen LogP contribution in [0.1, 0.15) is 0 Å². The fourth-order valence-electron chi connectivity index (χ4n) is 1.12. The number of fused-ring (bicyclic) bond motifs is 1. The monoisotopic (exact) mass is 176 g/mol. The molecule has 0 saturated carbocycles. The van der Waals surface area contributed by atoms with Crippen LogP contribution in [-0.2, 0) is 0 Å². The molecule has 1 N–H and O–H groups in total. The summed E-state index contributed by atoms with van der Waals surface area (Å²) < 4.78 is 1.31. The van der Waals surface area contributed by atoms with E-state index in [-0.39, 0.29) is 5.56 Å². The van der Waals surface area contributed by atoms with Gasteiger partial charge in [0.1, 0.15) is 6.33 Å². The second-order valence-corrected chi connectivity index (χ2v) is 2.52. The minimum Gasteiger partial charge on any atom is -0.325 e. The molecule has 2 aromatic heterocycles. The van der Waals surface area contributed by atoms with Crippen molar-refractivity contribution in [2.45, 2.75) is 0 Å². The Balaban J connectivity index is 2.87. The van der Waals surface area contributed by atoms with E-state index in [1.165, 1.54) is 11.0 Å². The maximum atomic E-state index is 11.6. The van der Waals surface area contributed by atoms with Crippen LogP contribution in [0.5, 0.6) is 0 Å². The first-order chi connectivity index (χ1) is 6.33. The summed E-state index contributed by atoms with van der Waals surface area (Å²) in [5, 5.41) is 0.513. The van der Waals surface area contributed by atoms with Crippen molar-refractivity contribution in [3.8, 4) is 0 Å². The summed E-state index contributed by atoms with van der Waals surface area (Å²) in [4.78, 5) is 19.5. The smallest absolute Gasteiger partial charge is 0.281 e. The molecule has 13 heavy (non-hydrogen) atoms. The Labute approximate surface area is 74.0 Å². The highest BCUT2D eigenvalue weighted by molar-refractivity contribution is 5.72. The Hall–Kier alpha value is -1.91. The fourth-order valence-corrected chi connectivity index (χ4v) is 1.12. The van der Waals surface area contributed by atoms with Crippen LogP contribution in [0, 0.1) is 0 Å². The van der Waals surface area contributed by atoms with Crippen LogP contribution in [0.2, 0.25) is 0 Å². The average molecular weight is 176 g/mol. The molecule has 0 aliphatic rings. The van der Waals surface area contributed by atoms with Gasteiger partial charge in [-0.2, -0.15) is 0 Å². The molecule has 0 aromatic carbocycles. The quantitative estimate of drug-likeness (QED) is 0.662. The van der Waals surface area contributed by atoms with Crippen molar-refractivity contribution < 1.29 is 0 Å². The highest BCUT2D eigenvalue weighted by Gasteiger charge is 2.01. The van der Waals surface area contributed by atoms with E-state index < -0.39 is 0 Å². The number of hydrogen-bond acceptors (Lipinski definition) is 4. The summed E-state index contributed by atoms with van der Waals surface area (Å²) >= 11 is 0. The Morgan fingerprint density at radius 2 is 2.31 bits per heavy atom. The van der Waals surface area contributed by atoms with Gasteiger partial charge in [0.25, 0.3) is 5.56 Å². The first-order valence-electron chi connectivity index (χ1n) is 3.83. The maximum absolute atomic E-state index is 11.6. The molecule has 5 nitrogen and oxygen atoms in total. The third-order valence-electron chi connectivity index (χ3n) is 1.77. The van der Waals surface area contributed by atoms with Crippen molar-refractivity contribution in [1.29, 1.82) is 0 Å². The predicted octanol–water partition coefficient (Wildman–Crippen LogP) is -0.0352. The molecule has 0 atom stereocenters. The van der Waals surface area contributed by atoms with Gasteiger partial charge >= 0.3 is 0 Å². The molecular formula is C8H8N4O. The lowest BCUT2D eigenvalue weighted by Gasteiger charge is -2.02. The number of pyridine rings is 1. The highest BCUT2D eigenvalue weighted by Crippen LogP contribution is 1.99. The van der Waals surface area contributed by atoms with Gasteiger partial charge in [-0.1, -0.05) is 0 Å². The Bertz CT molecular complexity index is 491. The lowest BCUT2D eigenvalue weighted by molar-refractivity contribution is 0.852. The van der Waals surface area contributed by atoms with Gasteiger partial charge in [-0.3, -0.25) is 4.79 Å². The van der Waals surface area contributed by atoms with Gasteiger partial charge in [0.05, 0.1) is 5.39 Å². The third-order valence-corrected chi connectivity index (χ3v) is 1.77. The van der Waals surface area contributed by atoms with Gasteiger partial charge in [0, 0.05) is 13.2 Å². The highest BCUT2D eigenvalue weighted by atomic mass is 16.1. The Morgan fingerprint density at radius 3 is 3.08 bits per heavy atom. The zero-order chi connectivity index (χ0) is 9.26. The topological polar surface area (TPSA) is 59.8 Å². The van der Waals surface area contributed by atoms with Crippen LogP contribution >= 0.6 is 0 Å². The molecule has 0 fully saturated rings. The van der Waals surface area contributed by atoms with E-state index >= 15 is 0 Å². The van der Waals surface area contributed by atoms with Crippen LogP contribution in [-0.4, -0.2) is 21.7 Å². The molecule has 2 heterocycles. The number of nitrogens with zero attached hydrogens (tertiary/aromatic N) is 3. The third kappa shape index (κ3) is 1.14. The maximum Gasteiger partial charge on any atom is 0.281 e. The van der Waals surface area contributed by atoms with Crippen molar-refractivity contribution in [2.24, 2.45) is 0 Å². The SMILES string of the molecule is CNn1cnc2ncccc2c1=O. The van der Waals surface area contributed by atoms with E-state index in [2.05, 4.69) is 15.4 Å². The van der Waals surface area contributed by atoms with Crippen molar-refractivity contribution in [2.75, 3.05) is 12.5 Å². The number of nitrogens with one attached hydrogen (secondary N) is 1. The van der Waals surface area contributed by atoms with Crippen LogP contribution in [0.3, 0.4) is 0 Å². The summed E-state index contributed by atoms with van der Waals surface area (Å²) in [7, 11) is 1.66. The van der Waals surface area contributed by atoms with E-state index in [0.717, 1.165) is 0 Å². The van der Waals surface area contributed by atoms with E-state index in [0.29, 0.717) is 11.0 Å². The number of hydrogen-bond donors (Lipinski definition) is 1. The summed E-state index contributed by atoms with van der Waals surface area (Å²) in [5.41, 5.74) is 3.03. The molecule has 5 heteroatoms. The molecule has 0 spiro atoms. The van der Waals surface area contributed by atoms with E-state index in [4.69, 9.17) is 0 Å². The van der Waals surface area contributed by atoms with Crippen LogP contribution in [0.25, 0.3) is 11.0 Å². The summed E-state index contributed by atoms with van der Waals surface area (Å²) in [6.45, 7) is 0. The van der Waals surface area contributed by atoms with Gasteiger partial charge < -0.3 is 5.43 Å². The van der Waals surface area contributed by atoms with Crippen molar-refractivity contribution >= 4 is 11.0 Å². The fraction of sp³-hybridized carbons (Fsp3) is 0.125. The van der Waals surface area contributed by atoms with Crippen LogP contribution < -0.4 is 11.0 Å². The van der Waals surface area contributed by atoms with E-state index in [1.54, 1.807) is 25.4 Å². The van der Waals surface area contributed by atoms with Crippen molar-refractivity contribution in [1.82, 2.24) is 14.6 Å². The second kappa shape index (κ2) is 2.85. The number of rotatable bonds is 1. The van der Waals surface area contributed by atoms with Crippen LogP contribution in [0.15, 0.2) is 29.5 Å². The molecule has 2 rings (SSSR count). The van der Waals surface area contributed by atoms with Crippen LogP contribution in [0.4, 0.5) is 0 Å². The second-order valence-electron chi connectivity index (χ2n) is 2.52. The Kier molecular flexibility index (Phi) is 1.70. The molecule has 0 unspecified atom stereocenters. The lowest BCUT2D eigenvalue weighted by atomic mass is 10.3. The van der Waals surface area contributed by atoms with E-state index in [1.807, 2.05) is 0 Å². The molecule has 0 radical (unpaired) electrons. The predicted molar refractivity (Wildman–Crippen MR) is 49.1 cm³/mol. The summed E-state index contributed by atoms with van der Waals surface area (Å²) in [5.74, 6) is 0. The molecule has 0 aliphatic carbocycles. The molecule has 0 saturated heterocycles. The zero-order valence-corrected chi connectivity index (χ0v) is 7.06. The minimum atomic E-state index is -0.138. The van der Waals surface area contributed by atoms with E-state index in [9.17, 15) is 4.79 Å². The normalized spacial score (nSPS) is 10.2. The van der Waals surface area contributed by atoms with Gasteiger partial charge in [-0.15, -0.1) is 0 Å². The first kappa shape index (κ1) is 7.72. The minimum absolute atomic E-state index is 0.138. The Morgan fingerprint density at radius 1 is 1.46 bits per heavy atom. The standard InChI is InChI=1S/C8H8N4O/c1-9-12-5-11-7-6(8(12)13)3-2-4-10-7/h2-5,9H,1H3. The van der Waals surface area contributed by atoms with Gasteiger partial charge in [-0.25, -0.2) is 14.6 Å². The molecular weight excluding hydrogens is 168 g/mol. The summed E-state index contributed by atoms with van der Waals surface area (Å²) in [6, 6.07) is 3.41. The van der Waals surface area contributed by atoms with Gasteiger partial charge in [0.15, 0.2) is 5.65 Å². The zero-order valence-electron chi connectivity index (χ0n) is 7.06. The molecule has 0 amide bonds. The van der Waals surface area contributed by atoms with Crippen molar-refractivity contribution in [3.63, 3.8) is 0 Å². The van der Waals surface area contributed by atoms with Gasteiger partial charge in [0.2, 0.25) is 0 Å². The first-order valence-corrected chi connectivity index (χ1v) is 3.83. The van der Waals surface area contributed by atoms with Gasteiger partial charge in [-0.05, 0) is 12.1 Å². The van der Waals surface area contributed by atoms with Crippen molar-refractivity contribution in [3.05, 3.63) is 35.0 Å². The number of aromatic nitrogens is 3. The largest absolute Gasteiger partial charge is 0.325 e.